The Bertz CT molecular complexity index is 555. The summed E-state index contributed by atoms with van der Waals surface area (Å²) < 4.78 is 0. The standard InChI is InChI=1S/C15H22N2O2S/c1-8-5-6-10-9(7-8)11(12(16)18)13(20-10)17-14(19)15(2,3)4/h8H,5-7H2,1-4H3,(H2,16,18)(H,17,19). The number of aryl methyl sites for hydroxylation is 1. The Labute approximate surface area is 123 Å². The fourth-order valence-electron chi connectivity index (χ4n) is 2.40. The number of hydrogen-bond acceptors (Lipinski definition) is 3. The van der Waals surface area contributed by atoms with Gasteiger partial charge in [-0.15, -0.1) is 11.3 Å². The third kappa shape index (κ3) is 2.87. The molecule has 5 heteroatoms. The molecule has 0 bridgehead atoms. The SMILES string of the molecule is CC1CCc2sc(NC(=O)C(C)(C)C)c(C(N)=O)c2C1. The zero-order valence-electron chi connectivity index (χ0n) is 12.5. The molecule has 1 aliphatic carbocycles. The lowest BCUT2D eigenvalue weighted by Crippen LogP contribution is -2.28. The van der Waals surface area contributed by atoms with Gasteiger partial charge < -0.3 is 11.1 Å². The molecule has 2 amide bonds. The molecule has 20 heavy (non-hydrogen) atoms. The molecule has 4 nitrogen and oxygen atoms in total. The highest BCUT2D eigenvalue weighted by Crippen LogP contribution is 2.39. The molecule has 1 heterocycles. The van der Waals surface area contributed by atoms with Gasteiger partial charge in [0.05, 0.1) is 5.56 Å². The maximum atomic E-state index is 12.1. The maximum Gasteiger partial charge on any atom is 0.251 e. The van der Waals surface area contributed by atoms with Crippen LogP contribution in [-0.4, -0.2) is 11.8 Å². The number of rotatable bonds is 2. The quantitative estimate of drug-likeness (QED) is 0.880. The van der Waals surface area contributed by atoms with Crippen LogP contribution >= 0.6 is 11.3 Å². The lowest BCUT2D eigenvalue weighted by Gasteiger charge is -2.19. The van der Waals surface area contributed by atoms with E-state index >= 15 is 0 Å². The van der Waals surface area contributed by atoms with Crippen molar-refractivity contribution in [3.05, 3.63) is 16.0 Å². The molecule has 110 valence electrons. The van der Waals surface area contributed by atoms with Gasteiger partial charge in [-0.1, -0.05) is 27.7 Å². The summed E-state index contributed by atoms with van der Waals surface area (Å²) in [5, 5.41) is 3.50. The van der Waals surface area contributed by atoms with Crippen molar-refractivity contribution in [1.82, 2.24) is 0 Å². The second kappa shape index (κ2) is 5.20. The lowest BCUT2D eigenvalue weighted by atomic mass is 9.87. The Hall–Kier alpha value is -1.36. The highest BCUT2D eigenvalue weighted by atomic mass is 32.1. The number of amides is 2. The summed E-state index contributed by atoms with van der Waals surface area (Å²) in [5.41, 5.74) is 6.61. The van der Waals surface area contributed by atoms with Crippen molar-refractivity contribution < 1.29 is 9.59 Å². The molecule has 1 aromatic rings. The van der Waals surface area contributed by atoms with Crippen molar-refractivity contribution in [2.75, 3.05) is 5.32 Å². The summed E-state index contributed by atoms with van der Waals surface area (Å²) in [6.45, 7) is 7.73. The topological polar surface area (TPSA) is 72.2 Å². The minimum Gasteiger partial charge on any atom is -0.365 e. The average molecular weight is 294 g/mol. The first-order valence-corrected chi connectivity index (χ1v) is 7.77. The van der Waals surface area contributed by atoms with Gasteiger partial charge in [-0.05, 0) is 30.7 Å². The van der Waals surface area contributed by atoms with E-state index in [2.05, 4.69) is 12.2 Å². The normalized spacial score (nSPS) is 18.5. The predicted molar refractivity (Wildman–Crippen MR) is 82.1 cm³/mol. The monoisotopic (exact) mass is 294 g/mol. The Morgan fingerprint density at radius 2 is 2.00 bits per heavy atom. The molecule has 0 saturated carbocycles. The molecule has 0 aliphatic heterocycles. The van der Waals surface area contributed by atoms with Crippen molar-refractivity contribution in [2.24, 2.45) is 17.1 Å². The van der Waals surface area contributed by atoms with Crippen molar-refractivity contribution in [3.8, 4) is 0 Å². The van der Waals surface area contributed by atoms with Crippen LogP contribution in [0.5, 0.6) is 0 Å². The van der Waals surface area contributed by atoms with Gasteiger partial charge in [-0.2, -0.15) is 0 Å². The Kier molecular flexibility index (Phi) is 3.91. The van der Waals surface area contributed by atoms with Crippen LogP contribution in [0, 0.1) is 11.3 Å². The molecular weight excluding hydrogens is 272 g/mol. The van der Waals surface area contributed by atoms with E-state index in [1.807, 2.05) is 20.8 Å². The Morgan fingerprint density at radius 3 is 2.55 bits per heavy atom. The number of carbonyl (C=O) groups is 2. The zero-order valence-corrected chi connectivity index (χ0v) is 13.3. The first-order valence-electron chi connectivity index (χ1n) is 6.96. The lowest BCUT2D eigenvalue weighted by molar-refractivity contribution is -0.123. The summed E-state index contributed by atoms with van der Waals surface area (Å²) >= 11 is 1.50. The van der Waals surface area contributed by atoms with E-state index in [0.717, 1.165) is 24.8 Å². The third-order valence-corrected chi connectivity index (χ3v) is 4.87. The van der Waals surface area contributed by atoms with Crippen LogP contribution in [-0.2, 0) is 17.6 Å². The van der Waals surface area contributed by atoms with E-state index < -0.39 is 11.3 Å². The third-order valence-electron chi connectivity index (χ3n) is 3.66. The number of carbonyl (C=O) groups excluding carboxylic acids is 2. The summed E-state index contributed by atoms with van der Waals surface area (Å²) in [6, 6.07) is 0. The van der Waals surface area contributed by atoms with Crippen molar-refractivity contribution in [3.63, 3.8) is 0 Å². The Morgan fingerprint density at radius 1 is 1.35 bits per heavy atom. The van der Waals surface area contributed by atoms with Gasteiger partial charge in [0, 0.05) is 10.3 Å². The largest absolute Gasteiger partial charge is 0.365 e. The van der Waals surface area contributed by atoms with E-state index in [1.54, 1.807) is 0 Å². The molecule has 0 saturated heterocycles. The molecule has 0 aromatic carbocycles. The fourth-order valence-corrected chi connectivity index (χ4v) is 3.64. The first-order chi connectivity index (χ1) is 9.20. The highest BCUT2D eigenvalue weighted by Gasteiger charge is 2.29. The molecule has 0 radical (unpaired) electrons. The molecule has 3 N–H and O–H groups in total. The van der Waals surface area contributed by atoms with Crippen LogP contribution in [0.1, 0.15) is 54.9 Å². The van der Waals surface area contributed by atoms with Crippen LogP contribution in [0.15, 0.2) is 0 Å². The summed E-state index contributed by atoms with van der Waals surface area (Å²) in [6.07, 6.45) is 2.96. The number of fused-ring (bicyclic) bond motifs is 1. The average Bonchev–Trinajstić information content (AvgIpc) is 2.64. The van der Waals surface area contributed by atoms with E-state index in [4.69, 9.17) is 5.73 Å². The molecule has 0 spiro atoms. The molecule has 1 aliphatic rings. The van der Waals surface area contributed by atoms with E-state index in [9.17, 15) is 9.59 Å². The van der Waals surface area contributed by atoms with Crippen LogP contribution < -0.4 is 11.1 Å². The summed E-state index contributed by atoms with van der Waals surface area (Å²) in [5.74, 6) is 0.0221. The van der Waals surface area contributed by atoms with Crippen LogP contribution in [0.2, 0.25) is 0 Å². The molecular formula is C15H22N2O2S. The van der Waals surface area contributed by atoms with Gasteiger partial charge in [-0.25, -0.2) is 0 Å². The number of thiophene rings is 1. The van der Waals surface area contributed by atoms with Gasteiger partial charge in [0.25, 0.3) is 5.91 Å². The van der Waals surface area contributed by atoms with Crippen molar-refractivity contribution in [2.45, 2.75) is 47.0 Å². The minimum atomic E-state index is -0.493. The van der Waals surface area contributed by atoms with E-state index in [1.165, 1.54) is 16.2 Å². The second-order valence-corrected chi connectivity index (χ2v) is 7.73. The Balaban J connectivity index is 2.39. The number of anilines is 1. The van der Waals surface area contributed by atoms with Crippen LogP contribution in [0.3, 0.4) is 0 Å². The van der Waals surface area contributed by atoms with Crippen molar-refractivity contribution >= 4 is 28.2 Å². The number of nitrogens with two attached hydrogens (primary N) is 1. The molecule has 1 unspecified atom stereocenters. The zero-order chi connectivity index (χ0) is 15.1. The predicted octanol–water partition coefficient (Wildman–Crippen LogP) is 2.96. The molecule has 1 atom stereocenters. The molecule has 1 aromatic heterocycles. The van der Waals surface area contributed by atoms with Crippen LogP contribution in [0.25, 0.3) is 0 Å². The summed E-state index contributed by atoms with van der Waals surface area (Å²) in [4.78, 5) is 25.1. The van der Waals surface area contributed by atoms with Gasteiger partial charge in [0.2, 0.25) is 5.91 Å². The molecule has 0 fully saturated rings. The van der Waals surface area contributed by atoms with Crippen LogP contribution in [0.4, 0.5) is 5.00 Å². The molecule has 2 rings (SSSR count). The smallest absolute Gasteiger partial charge is 0.251 e. The number of nitrogens with one attached hydrogen (secondary N) is 1. The first kappa shape index (κ1) is 15.0. The second-order valence-electron chi connectivity index (χ2n) is 6.62. The maximum absolute atomic E-state index is 12.1. The van der Waals surface area contributed by atoms with E-state index in [0.29, 0.717) is 16.5 Å². The highest BCUT2D eigenvalue weighted by molar-refractivity contribution is 7.17. The van der Waals surface area contributed by atoms with Gasteiger partial charge in [-0.3, -0.25) is 9.59 Å². The number of primary amides is 1. The van der Waals surface area contributed by atoms with Gasteiger partial charge >= 0.3 is 0 Å². The summed E-state index contributed by atoms with van der Waals surface area (Å²) in [7, 11) is 0. The minimum absolute atomic E-state index is 0.0911. The van der Waals surface area contributed by atoms with E-state index in [-0.39, 0.29) is 5.91 Å². The van der Waals surface area contributed by atoms with Gasteiger partial charge in [0.15, 0.2) is 0 Å². The van der Waals surface area contributed by atoms with Crippen molar-refractivity contribution in [1.29, 1.82) is 0 Å². The number of hydrogen-bond donors (Lipinski definition) is 2. The van der Waals surface area contributed by atoms with Gasteiger partial charge in [0.1, 0.15) is 5.00 Å². The fraction of sp³-hybridized carbons (Fsp3) is 0.600.